The maximum atomic E-state index is 12.6. The van der Waals surface area contributed by atoms with Gasteiger partial charge >= 0.3 is 0 Å². The fraction of sp³-hybridized carbons (Fsp3) is 0.615. The number of alkyl halides is 2. The second-order valence-corrected chi connectivity index (χ2v) is 4.72. The minimum Gasteiger partial charge on any atom is -0.315 e. The highest BCUT2D eigenvalue weighted by Gasteiger charge is 2.25. The van der Waals surface area contributed by atoms with E-state index in [4.69, 9.17) is 0 Å². The number of likely N-dealkylation sites (tertiary alicyclic amines) is 1. The van der Waals surface area contributed by atoms with Gasteiger partial charge in [0.15, 0.2) is 0 Å². The number of halogens is 2. The summed E-state index contributed by atoms with van der Waals surface area (Å²) >= 11 is 0. The summed E-state index contributed by atoms with van der Waals surface area (Å²) in [5.74, 6) is 0. The van der Waals surface area contributed by atoms with Crippen molar-refractivity contribution in [3.05, 3.63) is 34.2 Å². The number of aromatic nitrogens is 1. The van der Waals surface area contributed by atoms with Crippen LogP contribution in [0.2, 0.25) is 0 Å². The van der Waals surface area contributed by atoms with Crippen LogP contribution < -0.4 is 5.56 Å². The molecule has 1 aliphatic rings. The molecule has 0 aliphatic carbocycles. The Morgan fingerprint density at radius 2 is 2.06 bits per heavy atom. The Labute approximate surface area is 105 Å². The lowest BCUT2D eigenvalue weighted by Crippen LogP contribution is -2.48. The largest absolute Gasteiger partial charge is 0.315 e. The van der Waals surface area contributed by atoms with E-state index < -0.39 is 12.8 Å². The van der Waals surface area contributed by atoms with Crippen molar-refractivity contribution >= 4 is 0 Å². The van der Waals surface area contributed by atoms with Crippen LogP contribution in [0, 0.1) is 0 Å². The first-order chi connectivity index (χ1) is 8.69. The molecule has 2 heterocycles. The Bertz CT molecular complexity index is 441. The number of nitrogens with zero attached hydrogens (tertiary/aromatic N) is 2. The molecule has 3 nitrogen and oxygen atoms in total. The van der Waals surface area contributed by atoms with Gasteiger partial charge in [-0.2, -0.15) is 0 Å². The molecule has 1 aliphatic heterocycles. The van der Waals surface area contributed by atoms with Gasteiger partial charge in [-0.3, -0.25) is 14.1 Å². The van der Waals surface area contributed by atoms with Crippen LogP contribution in [0.25, 0.3) is 0 Å². The summed E-state index contributed by atoms with van der Waals surface area (Å²) in [6.45, 7) is 1.84. The van der Waals surface area contributed by atoms with E-state index >= 15 is 0 Å². The maximum absolute atomic E-state index is 12.6. The van der Waals surface area contributed by atoms with Gasteiger partial charge in [0.1, 0.15) is 6.17 Å². The number of rotatable bonds is 6. The van der Waals surface area contributed by atoms with Crippen molar-refractivity contribution < 1.29 is 8.78 Å². The molecule has 1 fully saturated rings. The van der Waals surface area contributed by atoms with Crippen LogP contribution in [0.1, 0.15) is 12.0 Å². The standard InChI is InChI=1S/C13H18F2N2O/c14-5-1-6-17-8-11(2-3-13(17)18)4-7-16-9-12(15)10-16/h2-3,8,12H,1,4-7,9-10H2. The molecular weight excluding hydrogens is 238 g/mol. The smallest absolute Gasteiger partial charge is 0.250 e. The minimum absolute atomic E-state index is 0.0972. The topological polar surface area (TPSA) is 25.2 Å². The SMILES string of the molecule is O=c1ccc(CCN2CC(F)C2)cn1CCCF. The Morgan fingerprint density at radius 3 is 2.72 bits per heavy atom. The second kappa shape index (κ2) is 6.09. The Hall–Kier alpha value is -1.23. The monoisotopic (exact) mass is 256 g/mol. The van der Waals surface area contributed by atoms with Crippen molar-refractivity contribution in [1.82, 2.24) is 9.47 Å². The van der Waals surface area contributed by atoms with E-state index in [9.17, 15) is 13.6 Å². The first-order valence-corrected chi connectivity index (χ1v) is 6.31. The zero-order valence-corrected chi connectivity index (χ0v) is 10.3. The van der Waals surface area contributed by atoms with Crippen molar-refractivity contribution in [2.75, 3.05) is 26.3 Å². The molecule has 0 N–H and O–H groups in total. The molecule has 1 aromatic rings. The van der Waals surface area contributed by atoms with Crippen LogP contribution in [0.5, 0.6) is 0 Å². The van der Waals surface area contributed by atoms with Crippen molar-refractivity contribution in [3.8, 4) is 0 Å². The molecule has 0 spiro atoms. The average molecular weight is 256 g/mol. The zero-order valence-electron chi connectivity index (χ0n) is 10.3. The van der Waals surface area contributed by atoms with E-state index in [-0.39, 0.29) is 5.56 Å². The van der Waals surface area contributed by atoms with Gasteiger partial charge in [-0.1, -0.05) is 6.07 Å². The highest BCUT2D eigenvalue weighted by Crippen LogP contribution is 2.11. The first-order valence-electron chi connectivity index (χ1n) is 6.31. The molecule has 0 unspecified atom stereocenters. The van der Waals surface area contributed by atoms with Crippen molar-refractivity contribution in [2.45, 2.75) is 25.6 Å². The van der Waals surface area contributed by atoms with Gasteiger partial charge < -0.3 is 4.57 Å². The molecule has 100 valence electrons. The van der Waals surface area contributed by atoms with Crippen LogP contribution in [-0.2, 0) is 13.0 Å². The van der Waals surface area contributed by atoms with Gasteiger partial charge in [0.05, 0.1) is 6.67 Å². The van der Waals surface area contributed by atoms with Crippen molar-refractivity contribution in [2.24, 2.45) is 0 Å². The second-order valence-electron chi connectivity index (χ2n) is 4.72. The lowest BCUT2D eigenvalue weighted by Gasteiger charge is -2.34. The van der Waals surface area contributed by atoms with Gasteiger partial charge in [-0.25, -0.2) is 4.39 Å². The summed E-state index contributed by atoms with van der Waals surface area (Å²) in [5.41, 5.74) is 0.940. The summed E-state index contributed by atoms with van der Waals surface area (Å²) in [7, 11) is 0. The number of hydrogen-bond donors (Lipinski definition) is 0. The molecule has 18 heavy (non-hydrogen) atoms. The third kappa shape index (κ3) is 3.38. The molecule has 5 heteroatoms. The third-order valence-corrected chi connectivity index (χ3v) is 3.21. The number of hydrogen-bond acceptors (Lipinski definition) is 2. The van der Waals surface area contributed by atoms with Crippen LogP contribution >= 0.6 is 0 Å². The molecule has 0 aromatic carbocycles. The molecule has 1 aromatic heterocycles. The Kier molecular flexibility index (Phi) is 4.47. The minimum atomic E-state index is -0.677. The third-order valence-electron chi connectivity index (χ3n) is 3.21. The van der Waals surface area contributed by atoms with E-state index in [1.54, 1.807) is 16.8 Å². The normalized spacial score (nSPS) is 16.8. The van der Waals surface area contributed by atoms with Crippen LogP contribution in [0.3, 0.4) is 0 Å². The molecule has 0 amide bonds. The Morgan fingerprint density at radius 1 is 1.28 bits per heavy atom. The summed E-state index contributed by atoms with van der Waals surface area (Å²) in [6.07, 6.45) is 2.26. The summed E-state index contributed by atoms with van der Waals surface area (Å²) in [6, 6.07) is 3.31. The summed E-state index contributed by atoms with van der Waals surface area (Å²) < 4.78 is 26.3. The highest BCUT2D eigenvalue weighted by atomic mass is 19.1. The van der Waals surface area contributed by atoms with Crippen LogP contribution in [0.15, 0.2) is 23.1 Å². The van der Waals surface area contributed by atoms with E-state index in [0.29, 0.717) is 26.1 Å². The molecule has 0 saturated carbocycles. The van der Waals surface area contributed by atoms with E-state index in [0.717, 1.165) is 18.5 Å². The van der Waals surface area contributed by atoms with E-state index in [1.165, 1.54) is 6.07 Å². The maximum Gasteiger partial charge on any atom is 0.250 e. The first kappa shape index (κ1) is 13.2. The Balaban J connectivity index is 1.89. The van der Waals surface area contributed by atoms with Gasteiger partial charge in [-0.15, -0.1) is 0 Å². The predicted molar refractivity (Wildman–Crippen MR) is 66.3 cm³/mol. The van der Waals surface area contributed by atoms with E-state index in [1.807, 2.05) is 4.90 Å². The van der Waals surface area contributed by atoms with Gasteiger partial charge in [0.2, 0.25) is 0 Å². The highest BCUT2D eigenvalue weighted by molar-refractivity contribution is 5.10. The zero-order chi connectivity index (χ0) is 13.0. The number of pyridine rings is 1. The van der Waals surface area contributed by atoms with Crippen molar-refractivity contribution in [3.63, 3.8) is 0 Å². The van der Waals surface area contributed by atoms with Crippen molar-refractivity contribution in [1.29, 1.82) is 0 Å². The fourth-order valence-electron chi connectivity index (χ4n) is 2.11. The van der Waals surface area contributed by atoms with Crippen LogP contribution in [0.4, 0.5) is 8.78 Å². The molecule has 0 bridgehead atoms. The fourth-order valence-corrected chi connectivity index (χ4v) is 2.11. The van der Waals surface area contributed by atoms with Gasteiger partial charge in [0, 0.05) is 38.4 Å². The number of aryl methyl sites for hydroxylation is 1. The molecule has 0 atom stereocenters. The average Bonchev–Trinajstić information content (AvgIpc) is 2.33. The quantitative estimate of drug-likeness (QED) is 0.769. The van der Waals surface area contributed by atoms with Crippen LogP contribution in [-0.4, -0.2) is 41.9 Å². The summed E-state index contributed by atoms with van der Waals surface area (Å²) in [5, 5.41) is 0. The summed E-state index contributed by atoms with van der Waals surface area (Å²) in [4.78, 5) is 13.5. The van der Waals surface area contributed by atoms with E-state index in [2.05, 4.69) is 0 Å². The molecule has 1 saturated heterocycles. The molecule has 2 rings (SSSR count). The molecular formula is C13H18F2N2O. The lowest BCUT2D eigenvalue weighted by molar-refractivity contribution is 0.0670. The molecule has 0 radical (unpaired) electrons. The van der Waals surface area contributed by atoms with Gasteiger partial charge in [-0.05, 0) is 18.4 Å². The van der Waals surface area contributed by atoms with Gasteiger partial charge in [0.25, 0.3) is 5.56 Å². The lowest BCUT2D eigenvalue weighted by atomic mass is 10.1. The predicted octanol–water partition coefficient (Wildman–Crippen LogP) is 1.40.